The van der Waals surface area contributed by atoms with Crippen LogP contribution in [0.3, 0.4) is 0 Å². The second kappa shape index (κ2) is 9.15. The number of aliphatic hydroxyl groups excluding tert-OH is 1. The number of nitrogens with one attached hydrogen (secondary N) is 2. The Hall–Kier alpha value is -0.810. The standard InChI is InChI=1S/C14H28N2O3/c1-11(7-8-12-5-3-4-6-12)16-14(18)15-9-13(17)10-19-2/h11-13,17H,3-10H2,1-2H3,(H2,15,16,18). The molecule has 0 saturated heterocycles. The van der Waals surface area contributed by atoms with Gasteiger partial charge in [-0.05, 0) is 25.7 Å². The molecule has 0 bridgehead atoms. The number of ether oxygens (including phenoxy) is 1. The van der Waals surface area contributed by atoms with E-state index < -0.39 is 6.10 Å². The molecule has 1 rings (SSSR count). The number of carbonyl (C=O) groups excluding carboxylic acids is 1. The van der Waals surface area contributed by atoms with Crippen molar-refractivity contribution in [2.24, 2.45) is 5.92 Å². The summed E-state index contributed by atoms with van der Waals surface area (Å²) >= 11 is 0. The van der Waals surface area contributed by atoms with Crippen molar-refractivity contribution < 1.29 is 14.6 Å². The predicted molar refractivity (Wildman–Crippen MR) is 75.1 cm³/mol. The average molecular weight is 272 g/mol. The quantitative estimate of drug-likeness (QED) is 0.629. The summed E-state index contributed by atoms with van der Waals surface area (Å²) in [6, 6.07) is -0.0331. The molecule has 0 heterocycles. The predicted octanol–water partition coefficient (Wildman–Crippen LogP) is 1.65. The van der Waals surface area contributed by atoms with Gasteiger partial charge in [-0.25, -0.2) is 4.79 Å². The van der Waals surface area contributed by atoms with Crippen LogP contribution in [0.5, 0.6) is 0 Å². The van der Waals surface area contributed by atoms with E-state index in [2.05, 4.69) is 10.6 Å². The molecule has 0 aromatic rings. The number of urea groups is 1. The summed E-state index contributed by atoms with van der Waals surface area (Å²) < 4.78 is 4.79. The summed E-state index contributed by atoms with van der Waals surface area (Å²) in [6.07, 6.45) is 7.01. The SMILES string of the molecule is COCC(O)CNC(=O)NC(C)CCC1CCCC1. The van der Waals surface area contributed by atoms with E-state index in [1.165, 1.54) is 39.2 Å². The second-order valence-electron chi connectivity index (χ2n) is 5.59. The summed E-state index contributed by atoms with van der Waals surface area (Å²) in [7, 11) is 1.52. The van der Waals surface area contributed by atoms with E-state index in [1.807, 2.05) is 6.92 Å². The molecule has 1 aliphatic carbocycles. The first-order chi connectivity index (χ1) is 9.11. The minimum atomic E-state index is -0.649. The fraction of sp³-hybridized carbons (Fsp3) is 0.929. The van der Waals surface area contributed by atoms with Crippen LogP contribution in [0.25, 0.3) is 0 Å². The molecule has 3 N–H and O–H groups in total. The van der Waals surface area contributed by atoms with Gasteiger partial charge in [-0.15, -0.1) is 0 Å². The summed E-state index contributed by atoms with van der Waals surface area (Å²) in [5.74, 6) is 0.857. The highest BCUT2D eigenvalue weighted by molar-refractivity contribution is 5.74. The number of methoxy groups -OCH3 is 1. The molecule has 0 aliphatic heterocycles. The second-order valence-corrected chi connectivity index (χ2v) is 5.59. The Morgan fingerprint density at radius 3 is 2.74 bits per heavy atom. The lowest BCUT2D eigenvalue weighted by Crippen LogP contribution is -2.44. The van der Waals surface area contributed by atoms with Crippen molar-refractivity contribution in [1.29, 1.82) is 0 Å². The maximum absolute atomic E-state index is 11.6. The number of amides is 2. The van der Waals surface area contributed by atoms with Gasteiger partial charge in [0.25, 0.3) is 0 Å². The van der Waals surface area contributed by atoms with Gasteiger partial charge in [-0.1, -0.05) is 25.7 Å². The lowest BCUT2D eigenvalue weighted by Gasteiger charge is -2.17. The summed E-state index contributed by atoms with van der Waals surface area (Å²) in [6.45, 7) is 2.48. The van der Waals surface area contributed by atoms with E-state index in [1.54, 1.807) is 0 Å². The number of hydrogen-bond donors (Lipinski definition) is 3. The van der Waals surface area contributed by atoms with Gasteiger partial charge in [-0.2, -0.15) is 0 Å². The summed E-state index contributed by atoms with van der Waals surface area (Å²) in [5, 5.41) is 15.0. The van der Waals surface area contributed by atoms with E-state index in [0.29, 0.717) is 0 Å². The fourth-order valence-corrected chi connectivity index (χ4v) is 2.59. The van der Waals surface area contributed by atoms with Gasteiger partial charge >= 0.3 is 6.03 Å². The molecule has 2 amide bonds. The molecule has 0 radical (unpaired) electrons. The third kappa shape index (κ3) is 7.38. The molecule has 5 heteroatoms. The number of hydrogen-bond acceptors (Lipinski definition) is 3. The van der Waals surface area contributed by atoms with E-state index in [4.69, 9.17) is 4.74 Å². The van der Waals surface area contributed by atoms with Gasteiger partial charge in [0.2, 0.25) is 0 Å². The highest BCUT2D eigenvalue weighted by Gasteiger charge is 2.16. The molecule has 5 nitrogen and oxygen atoms in total. The van der Waals surface area contributed by atoms with Gasteiger partial charge in [0.05, 0.1) is 12.7 Å². The zero-order valence-corrected chi connectivity index (χ0v) is 12.2. The van der Waals surface area contributed by atoms with E-state index in [9.17, 15) is 9.90 Å². The Labute approximate surface area is 116 Å². The average Bonchev–Trinajstić information content (AvgIpc) is 2.87. The van der Waals surface area contributed by atoms with Crippen LogP contribution in [0, 0.1) is 5.92 Å². The van der Waals surface area contributed by atoms with Crippen LogP contribution in [0.1, 0.15) is 45.4 Å². The van der Waals surface area contributed by atoms with E-state index in [-0.39, 0.29) is 25.2 Å². The lowest BCUT2D eigenvalue weighted by atomic mass is 9.99. The molecule has 2 unspecified atom stereocenters. The first-order valence-electron chi connectivity index (χ1n) is 7.33. The Balaban J connectivity index is 2.06. The number of rotatable bonds is 8. The molecular weight excluding hydrogens is 244 g/mol. The first-order valence-corrected chi connectivity index (χ1v) is 7.33. The van der Waals surface area contributed by atoms with E-state index in [0.717, 1.165) is 12.3 Å². The summed E-state index contributed by atoms with van der Waals surface area (Å²) in [4.78, 5) is 11.6. The Bertz CT molecular complexity index is 255. The van der Waals surface area contributed by atoms with Crippen LogP contribution in [-0.2, 0) is 4.74 Å². The molecule has 1 aliphatic rings. The van der Waals surface area contributed by atoms with Crippen molar-refractivity contribution in [3.63, 3.8) is 0 Å². The fourth-order valence-electron chi connectivity index (χ4n) is 2.59. The van der Waals surface area contributed by atoms with Crippen molar-refractivity contribution in [1.82, 2.24) is 10.6 Å². The third-order valence-corrected chi connectivity index (χ3v) is 3.72. The molecule has 1 fully saturated rings. The third-order valence-electron chi connectivity index (χ3n) is 3.72. The van der Waals surface area contributed by atoms with Crippen LogP contribution < -0.4 is 10.6 Å². The molecule has 1 saturated carbocycles. The minimum absolute atomic E-state index is 0.181. The Kier molecular flexibility index (Phi) is 7.82. The molecule has 19 heavy (non-hydrogen) atoms. The normalized spacial score (nSPS) is 19.1. The van der Waals surface area contributed by atoms with Gasteiger partial charge in [0, 0.05) is 19.7 Å². The van der Waals surface area contributed by atoms with Gasteiger partial charge in [0.1, 0.15) is 0 Å². The lowest BCUT2D eigenvalue weighted by molar-refractivity contribution is 0.0659. The zero-order chi connectivity index (χ0) is 14.1. The van der Waals surface area contributed by atoms with Crippen molar-refractivity contribution in [3.05, 3.63) is 0 Å². The molecule has 112 valence electrons. The number of aliphatic hydroxyl groups is 1. The monoisotopic (exact) mass is 272 g/mol. The van der Waals surface area contributed by atoms with Crippen LogP contribution in [0.4, 0.5) is 4.79 Å². The zero-order valence-electron chi connectivity index (χ0n) is 12.2. The maximum Gasteiger partial charge on any atom is 0.315 e. The van der Waals surface area contributed by atoms with Crippen molar-refractivity contribution >= 4 is 6.03 Å². The van der Waals surface area contributed by atoms with Gasteiger partial charge < -0.3 is 20.5 Å². The highest BCUT2D eigenvalue weighted by atomic mass is 16.5. The van der Waals surface area contributed by atoms with Gasteiger partial charge in [0.15, 0.2) is 0 Å². The molecule has 0 spiro atoms. The number of carbonyl (C=O) groups is 1. The first kappa shape index (κ1) is 16.2. The largest absolute Gasteiger partial charge is 0.389 e. The van der Waals surface area contributed by atoms with Crippen LogP contribution in [-0.4, -0.2) is 43.5 Å². The van der Waals surface area contributed by atoms with Crippen LogP contribution >= 0.6 is 0 Å². The minimum Gasteiger partial charge on any atom is -0.389 e. The Morgan fingerprint density at radius 2 is 2.11 bits per heavy atom. The summed E-state index contributed by atoms with van der Waals surface area (Å²) in [5.41, 5.74) is 0. The molecular formula is C14H28N2O3. The van der Waals surface area contributed by atoms with Crippen molar-refractivity contribution in [3.8, 4) is 0 Å². The maximum atomic E-state index is 11.6. The molecule has 0 aromatic heterocycles. The van der Waals surface area contributed by atoms with Crippen LogP contribution in [0.15, 0.2) is 0 Å². The van der Waals surface area contributed by atoms with Crippen molar-refractivity contribution in [2.75, 3.05) is 20.3 Å². The highest BCUT2D eigenvalue weighted by Crippen LogP contribution is 2.28. The smallest absolute Gasteiger partial charge is 0.315 e. The molecule has 2 atom stereocenters. The van der Waals surface area contributed by atoms with Crippen molar-refractivity contribution in [2.45, 2.75) is 57.6 Å². The Morgan fingerprint density at radius 1 is 1.42 bits per heavy atom. The van der Waals surface area contributed by atoms with Gasteiger partial charge in [-0.3, -0.25) is 0 Å². The van der Waals surface area contributed by atoms with E-state index >= 15 is 0 Å². The molecule has 0 aromatic carbocycles. The topological polar surface area (TPSA) is 70.6 Å². The van der Waals surface area contributed by atoms with Crippen LogP contribution in [0.2, 0.25) is 0 Å².